The molecule has 3 aromatic rings. The van der Waals surface area contributed by atoms with E-state index < -0.39 is 90.5 Å². The summed E-state index contributed by atoms with van der Waals surface area (Å²) in [5.74, 6) is -6.75. The van der Waals surface area contributed by atoms with Gasteiger partial charge in [0.1, 0.15) is 18.1 Å². The van der Waals surface area contributed by atoms with E-state index in [1.807, 2.05) is 74.2 Å². The molecule has 16 N–H and O–H groups in total. The van der Waals surface area contributed by atoms with Gasteiger partial charge in [0, 0.05) is 76.9 Å². The van der Waals surface area contributed by atoms with Crippen molar-refractivity contribution in [3.05, 3.63) is 77.9 Å². The molecule has 7 amide bonds. The van der Waals surface area contributed by atoms with Crippen LogP contribution in [0.15, 0.2) is 66.7 Å². The minimum absolute atomic E-state index is 0.0464. The molecule has 1 heterocycles. The molecule has 0 aliphatic carbocycles. The number of amides is 7. The minimum atomic E-state index is -1.55. The van der Waals surface area contributed by atoms with Crippen molar-refractivity contribution in [2.24, 2.45) is 22.9 Å². The molecule has 0 radical (unpaired) electrons. The molecule has 1 fully saturated rings. The van der Waals surface area contributed by atoms with Crippen LogP contribution < -0.4 is 49.5 Å². The third kappa shape index (κ3) is 22.6. The Labute approximate surface area is 439 Å². The Morgan fingerprint density at radius 1 is 0.600 bits per heavy atom. The summed E-state index contributed by atoms with van der Waals surface area (Å²) >= 11 is 5.73. The van der Waals surface area contributed by atoms with Crippen LogP contribution in [0, 0.1) is 0 Å². The lowest BCUT2D eigenvalue weighted by Crippen LogP contribution is -2.54. The molecule has 4 rings (SSSR count). The average Bonchev–Trinajstić information content (AvgIpc) is 3.33. The van der Waals surface area contributed by atoms with Gasteiger partial charge in [0.05, 0.1) is 26.2 Å². The summed E-state index contributed by atoms with van der Waals surface area (Å²) in [6.45, 7) is 2.12. The molecule has 26 heteroatoms. The number of carboxylic acid groups (broad SMARTS) is 3. The Kier molecular flexibility index (Phi) is 24.5. The van der Waals surface area contributed by atoms with Gasteiger partial charge in [0.2, 0.25) is 29.5 Å². The third-order valence-corrected chi connectivity index (χ3v) is 12.5. The summed E-state index contributed by atoms with van der Waals surface area (Å²) in [6.07, 6.45) is 0.150. The SMILES string of the molecule is NC(=O)CN1CCN(CC(N)=O)CCN(CC(N)=O)C(Cc2ccc(NC(=S)N[C@@H](Cc3ccc4ccccc4c3)C(=O)NCCCCC(NC(=O)NC(CCC(=O)O)C(=O)O)C(=O)O)cc2)CN(CC(N)=O)CC1. The molecule has 0 spiro atoms. The Morgan fingerprint density at radius 3 is 1.71 bits per heavy atom. The van der Waals surface area contributed by atoms with Crippen molar-refractivity contribution in [1.29, 1.82) is 0 Å². The number of unbranched alkanes of at least 4 members (excludes halogenated alkanes) is 1. The highest BCUT2D eigenvalue weighted by Gasteiger charge is 2.28. The maximum absolute atomic E-state index is 13.8. The Morgan fingerprint density at radius 2 is 1.13 bits per heavy atom. The first-order valence-electron chi connectivity index (χ1n) is 24.3. The summed E-state index contributed by atoms with van der Waals surface area (Å²) in [5.41, 5.74) is 24.8. The van der Waals surface area contributed by atoms with Gasteiger partial charge in [0.25, 0.3) is 0 Å². The molecule has 1 aliphatic rings. The standard InChI is InChI=1S/C49H69N13O12S/c50-40(63)27-59-17-18-60(28-41(51)64)21-22-62(30-43(53)66)36(26-61(20-19-59)29-42(52)65)24-31-9-12-35(13-10-31)55-49(75)58-39(25-32-8-11-33-5-1-2-6-34(33)23-32)45(69)54-16-4-3-7-37(46(70)71)56-48(74)57-38(47(72)73)14-15-44(67)68/h1-2,5-6,8-13,23,36-39H,3-4,7,14-22,24-30H2,(H2,50,63)(H2,51,64)(H2,52,65)(H2,53,66)(H,54,69)(H,67,68)(H,70,71)(H,72,73)(H2,55,58,75)(H2,56,57,74)/t36?,37?,38?,39-/m0/s1. The van der Waals surface area contributed by atoms with Gasteiger partial charge >= 0.3 is 23.9 Å². The lowest BCUT2D eigenvalue weighted by molar-refractivity contribution is -0.141. The fourth-order valence-corrected chi connectivity index (χ4v) is 8.81. The molecule has 4 atom stereocenters. The highest BCUT2D eigenvalue weighted by Crippen LogP contribution is 2.19. The van der Waals surface area contributed by atoms with Crippen LogP contribution in [0.2, 0.25) is 0 Å². The lowest BCUT2D eigenvalue weighted by atomic mass is 10.0. The zero-order valence-corrected chi connectivity index (χ0v) is 42.4. The molecule has 408 valence electrons. The number of fused-ring (bicyclic) bond motifs is 1. The summed E-state index contributed by atoms with van der Waals surface area (Å²) in [6, 6.07) is 15.6. The topological polar surface area (TPSA) is 392 Å². The van der Waals surface area contributed by atoms with Crippen molar-refractivity contribution < 1.29 is 58.5 Å². The minimum Gasteiger partial charge on any atom is -0.481 e. The van der Waals surface area contributed by atoms with Crippen molar-refractivity contribution in [1.82, 2.24) is 40.9 Å². The number of carbonyl (C=O) groups excluding carboxylic acids is 6. The number of carboxylic acids is 3. The van der Waals surface area contributed by atoms with E-state index in [0.29, 0.717) is 57.8 Å². The highest BCUT2D eigenvalue weighted by molar-refractivity contribution is 7.80. The van der Waals surface area contributed by atoms with Crippen LogP contribution in [0.1, 0.15) is 43.2 Å². The van der Waals surface area contributed by atoms with Crippen LogP contribution in [0.25, 0.3) is 10.8 Å². The fraction of sp³-hybridized carbons (Fsp3) is 0.469. The second kappa shape index (κ2) is 30.6. The Hall–Kier alpha value is -7.52. The number of benzene rings is 3. The van der Waals surface area contributed by atoms with Crippen LogP contribution in [0.4, 0.5) is 10.5 Å². The smallest absolute Gasteiger partial charge is 0.326 e. The third-order valence-electron chi connectivity index (χ3n) is 12.3. The van der Waals surface area contributed by atoms with Crippen LogP contribution in [0.5, 0.6) is 0 Å². The van der Waals surface area contributed by atoms with E-state index in [0.717, 1.165) is 21.9 Å². The predicted molar refractivity (Wildman–Crippen MR) is 281 cm³/mol. The number of rotatable bonds is 27. The molecule has 0 aromatic heterocycles. The van der Waals surface area contributed by atoms with E-state index in [1.54, 1.807) is 12.1 Å². The number of hydrogen-bond acceptors (Lipinski definition) is 14. The molecule has 3 aromatic carbocycles. The number of urea groups is 1. The largest absolute Gasteiger partial charge is 0.481 e. The fourth-order valence-electron chi connectivity index (χ4n) is 8.55. The quantitative estimate of drug-likeness (QED) is 0.0295. The highest BCUT2D eigenvalue weighted by atomic mass is 32.1. The second-order valence-electron chi connectivity index (χ2n) is 18.3. The molecule has 1 saturated heterocycles. The van der Waals surface area contributed by atoms with E-state index in [-0.39, 0.29) is 63.6 Å². The number of nitrogens with two attached hydrogens (primary N) is 4. The molecule has 25 nitrogen and oxygen atoms in total. The molecule has 0 saturated carbocycles. The van der Waals surface area contributed by atoms with Gasteiger partial charge in [-0.1, -0.05) is 54.6 Å². The van der Waals surface area contributed by atoms with Crippen molar-refractivity contribution >= 4 is 87.3 Å². The molecule has 1 aliphatic heterocycles. The summed E-state index contributed by atoms with van der Waals surface area (Å²) in [7, 11) is 0. The zero-order chi connectivity index (χ0) is 55.0. The van der Waals surface area contributed by atoms with Crippen LogP contribution >= 0.6 is 12.2 Å². The zero-order valence-electron chi connectivity index (χ0n) is 41.6. The number of anilines is 1. The Balaban J connectivity index is 1.46. The average molecular weight is 1060 g/mol. The number of primary amides is 4. The number of nitrogens with one attached hydrogen (secondary N) is 5. The first-order chi connectivity index (χ1) is 35.6. The monoisotopic (exact) mass is 1060 g/mol. The van der Waals surface area contributed by atoms with E-state index >= 15 is 0 Å². The normalized spacial score (nSPS) is 16.4. The summed E-state index contributed by atoms with van der Waals surface area (Å²) in [4.78, 5) is 117. The van der Waals surface area contributed by atoms with Gasteiger partial charge in [-0.05, 0) is 78.4 Å². The Bertz CT molecular complexity index is 2490. The lowest BCUT2D eigenvalue weighted by Gasteiger charge is -2.38. The van der Waals surface area contributed by atoms with Gasteiger partial charge in [0.15, 0.2) is 5.11 Å². The van der Waals surface area contributed by atoms with E-state index in [9.17, 15) is 53.4 Å². The van der Waals surface area contributed by atoms with Crippen molar-refractivity contribution in [3.63, 3.8) is 0 Å². The van der Waals surface area contributed by atoms with Gasteiger partial charge in [-0.2, -0.15) is 0 Å². The first-order valence-corrected chi connectivity index (χ1v) is 24.8. The van der Waals surface area contributed by atoms with Gasteiger partial charge < -0.3 is 64.8 Å². The first kappa shape index (κ1) is 60.0. The van der Waals surface area contributed by atoms with Crippen LogP contribution in [-0.2, 0) is 51.2 Å². The van der Waals surface area contributed by atoms with Gasteiger partial charge in [-0.25, -0.2) is 14.4 Å². The predicted octanol–water partition coefficient (Wildman–Crippen LogP) is -1.83. The summed E-state index contributed by atoms with van der Waals surface area (Å²) < 4.78 is 0. The van der Waals surface area contributed by atoms with Gasteiger partial charge in [-0.3, -0.25) is 48.4 Å². The van der Waals surface area contributed by atoms with Crippen LogP contribution in [0.3, 0.4) is 0 Å². The maximum Gasteiger partial charge on any atom is 0.326 e. The molecule has 3 unspecified atom stereocenters. The van der Waals surface area contributed by atoms with E-state index in [4.69, 9.17) is 40.3 Å². The molecular weight excluding hydrogens is 995 g/mol. The van der Waals surface area contributed by atoms with Crippen molar-refractivity contribution in [2.45, 2.75) is 69.1 Å². The number of nitrogens with zero attached hydrogens (tertiary/aromatic N) is 4. The van der Waals surface area contributed by atoms with Crippen molar-refractivity contribution in [2.75, 3.05) is 83.9 Å². The molecule has 75 heavy (non-hydrogen) atoms. The number of hydrogen-bond donors (Lipinski definition) is 12. The number of aliphatic carboxylic acids is 3. The van der Waals surface area contributed by atoms with E-state index in [2.05, 4.69) is 26.6 Å². The maximum atomic E-state index is 13.8. The van der Waals surface area contributed by atoms with Crippen molar-refractivity contribution in [3.8, 4) is 0 Å². The molecule has 0 bridgehead atoms. The van der Waals surface area contributed by atoms with Crippen LogP contribution in [-0.4, -0.2) is 196 Å². The summed E-state index contributed by atoms with van der Waals surface area (Å²) in [5, 5.41) is 43.5. The molecular formula is C49H69N13O12S. The second-order valence-corrected chi connectivity index (χ2v) is 18.7. The number of carbonyl (C=O) groups is 9. The van der Waals surface area contributed by atoms with E-state index in [1.165, 1.54) is 0 Å². The van der Waals surface area contributed by atoms with Gasteiger partial charge in [-0.15, -0.1) is 0 Å². The number of thiocarbonyl (C=S) groups is 1.